The Morgan fingerprint density at radius 3 is 2.29 bits per heavy atom. The standard InChI is InChI=1S/C15H15FN2O2S/c16-14-6-5-13(9-15(14)17)21(19,20)18-12-7-10-3-1-2-4-11(10)8-12/h1-6,9,12,18H,7-8,17H2. The average molecular weight is 306 g/mol. The Morgan fingerprint density at radius 2 is 1.71 bits per heavy atom. The first-order valence-corrected chi connectivity index (χ1v) is 8.08. The largest absolute Gasteiger partial charge is 0.396 e. The van der Waals surface area contributed by atoms with E-state index in [9.17, 15) is 12.8 Å². The van der Waals surface area contributed by atoms with Gasteiger partial charge >= 0.3 is 0 Å². The van der Waals surface area contributed by atoms with Crippen molar-refractivity contribution in [3.63, 3.8) is 0 Å². The number of nitrogens with two attached hydrogens (primary N) is 1. The van der Waals surface area contributed by atoms with Crippen molar-refractivity contribution in [2.24, 2.45) is 0 Å². The summed E-state index contributed by atoms with van der Waals surface area (Å²) in [6.07, 6.45) is 1.32. The van der Waals surface area contributed by atoms with Gasteiger partial charge in [-0.3, -0.25) is 0 Å². The van der Waals surface area contributed by atoms with Gasteiger partial charge in [0.05, 0.1) is 10.6 Å². The molecule has 1 aliphatic carbocycles. The Labute approximate surface area is 122 Å². The molecular formula is C15H15FN2O2S. The summed E-state index contributed by atoms with van der Waals surface area (Å²) in [4.78, 5) is -0.0163. The number of anilines is 1. The topological polar surface area (TPSA) is 72.2 Å². The van der Waals surface area contributed by atoms with E-state index >= 15 is 0 Å². The molecule has 3 rings (SSSR count). The molecule has 0 atom stereocenters. The summed E-state index contributed by atoms with van der Waals surface area (Å²) in [5.41, 5.74) is 7.57. The summed E-state index contributed by atoms with van der Waals surface area (Å²) in [6, 6.07) is 11.1. The highest BCUT2D eigenvalue weighted by molar-refractivity contribution is 7.89. The molecule has 0 fully saturated rings. The van der Waals surface area contributed by atoms with Crippen LogP contribution in [0.3, 0.4) is 0 Å². The number of fused-ring (bicyclic) bond motifs is 1. The van der Waals surface area contributed by atoms with E-state index in [4.69, 9.17) is 5.73 Å². The highest BCUT2D eigenvalue weighted by atomic mass is 32.2. The van der Waals surface area contributed by atoms with Crippen molar-refractivity contribution in [1.29, 1.82) is 0 Å². The second-order valence-corrected chi connectivity index (χ2v) is 6.89. The molecule has 0 heterocycles. The zero-order valence-electron chi connectivity index (χ0n) is 11.2. The van der Waals surface area contributed by atoms with Crippen molar-refractivity contribution in [3.05, 3.63) is 59.4 Å². The number of benzene rings is 2. The lowest BCUT2D eigenvalue weighted by Crippen LogP contribution is -2.35. The molecule has 0 bridgehead atoms. The highest BCUT2D eigenvalue weighted by Crippen LogP contribution is 2.24. The molecule has 2 aromatic rings. The maximum atomic E-state index is 13.1. The Bertz CT molecular complexity index is 765. The van der Waals surface area contributed by atoms with Gasteiger partial charge in [-0.1, -0.05) is 24.3 Å². The van der Waals surface area contributed by atoms with Gasteiger partial charge in [0.2, 0.25) is 10.0 Å². The van der Waals surface area contributed by atoms with Crippen LogP contribution in [0.1, 0.15) is 11.1 Å². The molecule has 0 unspecified atom stereocenters. The zero-order chi connectivity index (χ0) is 15.0. The van der Waals surface area contributed by atoms with Gasteiger partial charge < -0.3 is 5.73 Å². The molecule has 0 saturated carbocycles. The molecule has 0 saturated heterocycles. The van der Waals surface area contributed by atoms with Gasteiger partial charge in [0.15, 0.2) is 0 Å². The second kappa shape index (κ2) is 5.13. The molecule has 2 aromatic carbocycles. The van der Waals surface area contributed by atoms with E-state index in [0.29, 0.717) is 12.8 Å². The summed E-state index contributed by atoms with van der Waals surface area (Å²) in [5.74, 6) is -0.623. The van der Waals surface area contributed by atoms with Crippen LogP contribution in [0.4, 0.5) is 10.1 Å². The minimum absolute atomic E-state index is 0.0163. The van der Waals surface area contributed by atoms with Crippen molar-refractivity contribution < 1.29 is 12.8 Å². The molecule has 0 radical (unpaired) electrons. The third kappa shape index (κ3) is 2.77. The van der Waals surface area contributed by atoms with E-state index in [1.807, 2.05) is 24.3 Å². The van der Waals surface area contributed by atoms with Crippen LogP contribution in [0.5, 0.6) is 0 Å². The first-order valence-electron chi connectivity index (χ1n) is 6.60. The first-order chi connectivity index (χ1) is 9.95. The molecule has 1 aliphatic rings. The number of nitrogens with one attached hydrogen (secondary N) is 1. The number of halogens is 1. The zero-order valence-corrected chi connectivity index (χ0v) is 12.0. The van der Waals surface area contributed by atoms with Crippen LogP contribution in [0, 0.1) is 5.82 Å². The van der Waals surface area contributed by atoms with E-state index in [2.05, 4.69) is 4.72 Å². The number of hydrogen-bond donors (Lipinski definition) is 2. The van der Waals surface area contributed by atoms with Crippen LogP contribution in [-0.2, 0) is 22.9 Å². The molecule has 0 aromatic heterocycles. The van der Waals surface area contributed by atoms with E-state index in [1.165, 1.54) is 6.07 Å². The summed E-state index contributed by atoms with van der Waals surface area (Å²) >= 11 is 0. The molecule has 21 heavy (non-hydrogen) atoms. The van der Waals surface area contributed by atoms with E-state index in [1.54, 1.807) is 0 Å². The van der Waals surface area contributed by atoms with Crippen LogP contribution in [-0.4, -0.2) is 14.5 Å². The summed E-state index contributed by atoms with van der Waals surface area (Å²) in [6.45, 7) is 0. The third-order valence-electron chi connectivity index (χ3n) is 3.65. The van der Waals surface area contributed by atoms with Crippen molar-refractivity contribution in [1.82, 2.24) is 4.72 Å². The van der Waals surface area contributed by atoms with Crippen molar-refractivity contribution >= 4 is 15.7 Å². The Hall–Kier alpha value is -1.92. The van der Waals surface area contributed by atoms with E-state index in [-0.39, 0.29) is 16.6 Å². The number of sulfonamides is 1. The normalized spacial score (nSPS) is 15.1. The predicted molar refractivity (Wildman–Crippen MR) is 78.8 cm³/mol. The smallest absolute Gasteiger partial charge is 0.240 e. The van der Waals surface area contributed by atoms with Crippen LogP contribution in [0.15, 0.2) is 47.4 Å². The van der Waals surface area contributed by atoms with Gasteiger partial charge in [-0.05, 0) is 42.2 Å². The third-order valence-corrected chi connectivity index (χ3v) is 5.17. The monoisotopic (exact) mass is 306 g/mol. The summed E-state index contributed by atoms with van der Waals surface area (Å²) in [5, 5.41) is 0. The highest BCUT2D eigenvalue weighted by Gasteiger charge is 2.26. The maximum absolute atomic E-state index is 13.1. The Balaban J connectivity index is 1.80. The molecule has 3 N–H and O–H groups in total. The molecule has 0 spiro atoms. The Morgan fingerprint density at radius 1 is 1.10 bits per heavy atom. The minimum Gasteiger partial charge on any atom is -0.396 e. The van der Waals surface area contributed by atoms with Gasteiger partial charge in [0, 0.05) is 6.04 Å². The first kappa shape index (κ1) is 14.0. The fourth-order valence-corrected chi connectivity index (χ4v) is 3.89. The van der Waals surface area contributed by atoms with E-state index < -0.39 is 15.8 Å². The van der Waals surface area contributed by atoms with Gasteiger partial charge in [-0.15, -0.1) is 0 Å². The Kier molecular flexibility index (Phi) is 3.43. The van der Waals surface area contributed by atoms with Crippen molar-refractivity contribution in [3.8, 4) is 0 Å². The number of hydrogen-bond acceptors (Lipinski definition) is 3. The number of rotatable bonds is 3. The lowest BCUT2D eigenvalue weighted by Gasteiger charge is -2.13. The van der Waals surface area contributed by atoms with Crippen molar-refractivity contribution in [2.45, 2.75) is 23.8 Å². The molecule has 4 nitrogen and oxygen atoms in total. The molecule has 110 valence electrons. The lowest BCUT2D eigenvalue weighted by atomic mass is 10.1. The molecule has 0 aliphatic heterocycles. The van der Waals surface area contributed by atoms with Crippen LogP contribution < -0.4 is 10.5 Å². The van der Waals surface area contributed by atoms with Gasteiger partial charge in [-0.2, -0.15) is 0 Å². The minimum atomic E-state index is -3.70. The van der Waals surface area contributed by atoms with Gasteiger partial charge in [0.1, 0.15) is 5.82 Å². The van der Waals surface area contributed by atoms with E-state index in [0.717, 1.165) is 23.3 Å². The lowest BCUT2D eigenvalue weighted by molar-refractivity contribution is 0.555. The SMILES string of the molecule is Nc1cc(S(=O)(=O)NC2Cc3ccccc3C2)ccc1F. The van der Waals surface area contributed by atoms with Crippen LogP contribution >= 0.6 is 0 Å². The fourth-order valence-electron chi connectivity index (χ4n) is 2.62. The van der Waals surface area contributed by atoms with Gasteiger partial charge in [-0.25, -0.2) is 17.5 Å². The van der Waals surface area contributed by atoms with Crippen LogP contribution in [0.2, 0.25) is 0 Å². The molecular weight excluding hydrogens is 291 g/mol. The fraction of sp³-hybridized carbons (Fsp3) is 0.200. The summed E-state index contributed by atoms with van der Waals surface area (Å²) < 4.78 is 40.4. The molecule has 0 amide bonds. The second-order valence-electron chi connectivity index (χ2n) is 5.18. The maximum Gasteiger partial charge on any atom is 0.240 e. The predicted octanol–water partition coefficient (Wildman–Crippen LogP) is 1.85. The number of nitrogen functional groups attached to an aromatic ring is 1. The van der Waals surface area contributed by atoms with Crippen molar-refractivity contribution in [2.75, 3.05) is 5.73 Å². The average Bonchev–Trinajstić information content (AvgIpc) is 2.82. The van der Waals surface area contributed by atoms with Gasteiger partial charge in [0.25, 0.3) is 0 Å². The van der Waals surface area contributed by atoms with Crippen LogP contribution in [0.25, 0.3) is 0 Å². The quantitative estimate of drug-likeness (QED) is 0.850. The molecule has 6 heteroatoms. The summed E-state index contributed by atoms with van der Waals surface area (Å²) in [7, 11) is -3.70.